The summed E-state index contributed by atoms with van der Waals surface area (Å²) in [4.78, 5) is 2.65. The van der Waals surface area contributed by atoms with Crippen LogP contribution in [0.25, 0.3) is 0 Å². The van der Waals surface area contributed by atoms with Gasteiger partial charge in [0.1, 0.15) is 0 Å². The first kappa shape index (κ1) is 13.8. The van der Waals surface area contributed by atoms with Crippen molar-refractivity contribution in [1.82, 2.24) is 4.90 Å². The zero-order chi connectivity index (χ0) is 13.5. The molecule has 19 heavy (non-hydrogen) atoms. The Morgan fingerprint density at radius 2 is 1.95 bits per heavy atom. The number of nitrogens with two attached hydrogens (primary N) is 1. The van der Waals surface area contributed by atoms with E-state index in [1.54, 1.807) is 0 Å². The maximum atomic E-state index is 6.42. The molecule has 0 aromatic rings. The Morgan fingerprint density at radius 1 is 1.21 bits per heavy atom. The summed E-state index contributed by atoms with van der Waals surface area (Å²) < 4.78 is 11.8. The molecule has 3 rings (SSSR count). The van der Waals surface area contributed by atoms with Gasteiger partial charge in [0.2, 0.25) is 0 Å². The van der Waals surface area contributed by atoms with Crippen molar-refractivity contribution in [3.8, 4) is 0 Å². The molecule has 110 valence electrons. The molecular formula is C15H28N2O2. The number of ether oxygens (including phenoxy) is 2. The van der Waals surface area contributed by atoms with E-state index < -0.39 is 0 Å². The van der Waals surface area contributed by atoms with Gasteiger partial charge in [0.15, 0.2) is 5.79 Å². The van der Waals surface area contributed by atoms with Crippen LogP contribution in [0.5, 0.6) is 0 Å². The molecule has 2 heterocycles. The van der Waals surface area contributed by atoms with E-state index in [0.717, 1.165) is 32.5 Å². The van der Waals surface area contributed by atoms with E-state index in [4.69, 9.17) is 15.2 Å². The third-order valence-electron chi connectivity index (χ3n) is 5.22. The fraction of sp³-hybridized carbons (Fsp3) is 1.00. The van der Waals surface area contributed by atoms with Crippen molar-refractivity contribution in [2.24, 2.45) is 11.7 Å². The Morgan fingerprint density at radius 3 is 2.63 bits per heavy atom. The van der Waals surface area contributed by atoms with Gasteiger partial charge >= 0.3 is 0 Å². The summed E-state index contributed by atoms with van der Waals surface area (Å²) in [7, 11) is 0. The fourth-order valence-corrected chi connectivity index (χ4v) is 4.22. The summed E-state index contributed by atoms with van der Waals surface area (Å²) in [6.45, 7) is 7.34. The molecule has 3 aliphatic rings. The molecule has 0 aromatic heterocycles. The summed E-state index contributed by atoms with van der Waals surface area (Å²) in [6, 6.07) is 1.40. The van der Waals surface area contributed by atoms with Crippen molar-refractivity contribution in [2.75, 3.05) is 19.8 Å². The van der Waals surface area contributed by atoms with E-state index in [-0.39, 0.29) is 11.8 Å². The van der Waals surface area contributed by atoms with E-state index >= 15 is 0 Å². The Balaban J connectivity index is 1.74. The smallest absolute Gasteiger partial charge is 0.170 e. The van der Waals surface area contributed by atoms with Crippen LogP contribution in [-0.2, 0) is 9.47 Å². The van der Waals surface area contributed by atoms with E-state index in [0.29, 0.717) is 18.0 Å². The number of hydrogen-bond donors (Lipinski definition) is 1. The largest absolute Gasteiger partial charge is 0.347 e. The summed E-state index contributed by atoms with van der Waals surface area (Å²) >= 11 is 0. The molecule has 0 aromatic carbocycles. The Kier molecular flexibility index (Phi) is 3.87. The Hall–Kier alpha value is -0.160. The quantitative estimate of drug-likeness (QED) is 0.828. The maximum Gasteiger partial charge on any atom is 0.170 e. The first-order valence-corrected chi connectivity index (χ1v) is 7.90. The Labute approximate surface area is 116 Å². The normalized spacial score (nSPS) is 39.5. The minimum Gasteiger partial charge on any atom is -0.347 e. The van der Waals surface area contributed by atoms with Gasteiger partial charge in [-0.2, -0.15) is 0 Å². The van der Waals surface area contributed by atoms with Gasteiger partial charge in [0.25, 0.3) is 0 Å². The van der Waals surface area contributed by atoms with Gasteiger partial charge in [0, 0.05) is 31.0 Å². The molecule has 3 atom stereocenters. The molecule has 2 saturated heterocycles. The highest BCUT2D eigenvalue weighted by Crippen LogP contribution is 2.40. The van der Waals surface area contributed by atoms with Crippen LogP contribution in [-0.4, -0.2) is 48.6 Å². The lowest BCUT2D eigenvalue weighted by Gasteiger charge is -2.46. The number of likely N-dealkylation sites (tertiary alicyclic amines) is 1. The topological polar surface area (TPSA) is 47.7 Å². The van der Waals surface area contributed by atoms with Gasteiger partial charge in [-0.1, -0.05) is 13.8 Å². The van der Waals surface area contributed by atoms with Crippen LogP contribution in [0, 0.1) is 5.92 Å². The summed E-state index contributed by atoms with van der Waals surface area (Å²) in [5.41, 5.74) is 6.42. The average molecular weight is 268 g/mol. The van der Waals surface area contributed by atoms with E-state index in [9.17, 15) is 0 Å². The standard InChI is InChI=1S/C15H28N2O2/c1-11(2)13-4-3-7-17(13)14-10-15(6-5-12(14)16)18-8-9-19-15/h11-14H,3-10,16H2,1-2H3. The lowest BCUT2D eigenvalue weighted by atomic mass is 9.84. The second kappa shape index (κ2) is 5.32. The van der Waals surface area contributed by atoms with Gasteiger partial charge in [-0.25, -0.2) is 0 Å². The molecule has 2 aliphatic heterocycles. The lowest BCUT2D eigenvalue weighted by Crippen LogP contribution is -2.58. The number of nitrogens with zero attached hydrogens (tertiary/aromatic N) is 1. The van der Waals surface area contributed by atoms with Crippen molar-refractivity contribution < 1.29 is 9.47 Å². The molecule has 4 nitrogen and oxygen atoms in total. The Bertz CT molecular complexity index is 315. The summed E-state index contributed by atoms with van der Waals surface area (Å²) in [5, 5.41) is 0. The van der Waals surface area contributed by atoms with Gasteiger partial charge in [-0.05, 0) is 31.7 Å². The maximum absolute atomic E-state index is 6.42. The van der Waals surface area contributed by atoms with Crippen LogP contribution in [0.4, 0.5) is 0 Å². The SMILES string of the molecule is CC(C)C1CCCN1C1CC2(CCC1N)OCCO2. The van der Waals surface area contributed by atoms with Crippen LogP contribution in [0.3, 0.4) is 0 Å². The predicted molar refractivity (Wildman–Crippen MR) is 74.8 cm³/mol. The average Bonchev–Trinajstić information content (AvgIpc) is 3.02. The first-order valence-electron chi connectivity index (χ1n) is 7.90. The van der Waals surface area contributed by atoms with Gasteiger partial charge in [0.05, 0.1) is 13.2 Å². The van der Waals surface area contributed by atoms with Crippen molar-refractivity contribution in [2.45, 2.75) is 69.9 Å². The minimum absolute atomic E-state index is 0.276. The van der Waals surface area contributed by atoms with E-state index in [1.807, 2.05) is 0 Å². The van der Waals surface area contributed by atoms with Gasteiger partial charge < -0.3 is 15.2 Å². The molecule has 1 aliphatic carbocycles. The molecule has 3 fully saturated rings. The molecule has 0 amide bonds. The zero-order valence-electron chi connectivity index (χ0n) is 12.3. The molecule has 2 N–H and O–H groups in total. The molecule has 3 unspecified atom stereocenters. The third-order valence-corrected chi connectivity index (χ3v) is 5.22. The number of hydrogen-bond acceptors (Lipinski definition) is 4. The summed E-state index contributed by atoms with van der Waals surface area (Å²) in [5.74, 6) is 0.392. The highest BCUT2D eigenvalue weighted by molar-refractivity contribution is 4.98. The molecular weight excluding hydrogens is 240 g/mol. The molecule has 1 saturated carbocycles. The lowest BCUT2D eigenvalue weighted by molar-refractivity contribution is -0.193. The molecule has 4 heteroatoms. The fourth-order valence-electron chi connectivity index (χ4n) is 4.22. The highest BCUT2D eigenvalue weighted by Gasteiger charge is 2.47. The monoisotopic (exact) mass is 268 g/mol. The van der Waals surface area contributed by atoms with E-state index in [1.165, 1.54) is 19.4 Å². The second-order valence-electron chi connectivity index (χ2n) is 6.77. The van der Waals surface area contributed by atoms with Crippen LogP contribution in [0.1, 0.15) is 46.0 Å². The molecule has 1 spiro atoms. The highest BCUT2D eigenvalue weighted by atomic mass is 16.7. The van der Waals surface area contributed by atoms with Gasteiger partial charge in [-0.3, -0.25) is 4.90 Å². The molecule has 0 radical (unpaired) electrons. The third kappa shape index (κ3) is 2.56. The molecule has 0 bridgehead atoms. The van der Waals surface area contributed by atoms with Crippen LogP contribution in [0.15, 0.2) is 0 Å². The predicted octanol–water partition coefficient (Wildman–Crippen LogP) is 1.73. The first-order chi connectivity index (χ1) is 9.11. The van der Waals surface area contributed by atoms with Crippen LogP contribution < -0.4 is 5.73 Å². The summed E-state index contributed by atoms with van der Waals surface area (Å²) in [6.07, 6.45) is 5.56. The minimum atomic E-state index is -0.315. The van der Waals surface area contributed by atoms with Crippen LogP contribution >= 0.6 is 0 Å². The van der Waals surface area contributed by atoms with Gasteiger partial charge in [-0.15, -0.1) is 0 Å². The van der Waals surface area contributed by atoms with E-state index in [2.05, 4.69) is 18.7 Å². The van der Waals surface area contributed by atoms with Crippen molar-refractivity contribution >= 4 is 0 Å². The van der Waals surface area contributed by atoms with Crippen molar-refractivity contribution in [3.63, 3.8) is 0 Å². The van der Waals surface area contributed by atoms with Crippen LogP contribution in [0.2, 0.25) is 0 Å². The van der Waals surface area contributed by atoms with Crippen molar-refractivity contribution in [3.05, 3.63) is 0 Å². The zero-order valence-corrected chi connectivity index (χ0v) is 12.3. The van der Waals surface area contributed by atoms with Crippen molar-refractivity contribution in [1.29, 1.82) is 0 Å². The second-order valence-corrected chi connectivity index (χ2v) is 6.77. The number of rotatable bonds is 2.